The van der Waals surface area contributed by atoms with Gasteiger partial charge in [0.15, 0.2) is 0 Å². The second kappa shape index (κ2) is 5.45. The highest BCUT2D eigenvalue weighted by molar-refractivity contribution is 6.67. The zero-order chi connectivity index (χ0) is 14.0. The predicted octanol–water partition coefficient (Wildman–Crippen LogP) is 4.36. The summed E-state index contributed by atoms with van der Waals surface area (Å²) in [6.07, 6.45) is 0. The smallest absolute Gasteiger partial charge is 0.252 e. The Morgan fingerprint density at radius 1 is 1.16 bits per heavy atom. The summed E-state index contributed by atoms with van der Waals surface area (Å²) in [4.78, 5) is 11.2. The Bertz CT molecular complexity index is 633. The van der Waals surface area contributed by atoms with Gasteiger partial charge in [0.1, 0.15) is 5.75 Å². The van der Waals surface area contributed by atoms with Gasteiger partial charge in [-0.15, -0.1) is 0 Å². The van der Waals surface area contributed by atoms with E-state index in [1.807, 2.05) is 38.1 Å². The second-order valence-corrected chi connectivity index (χ2v) is 4.79. The van der Waals surface area contributed by atoms with Gasteiger partial charge in [0.2, 0.25) is 0 Å². The minimum absolute atomic E-state index is 0.454. The predicted molar refractivity (Wildman–Crippen MR) is 78.1 cm³/mol. The monoisotopic (exact) mass is 274 g/mol. The Kier molecular flexibility index (Phi) is 3.91. The minimum atomic E-state index is -0.454. The Morgan fingerprint density at radius 2 is 1.89 bits per heavy atom. The van der Waals surface area contributed by atoms with Gasteiger partial charge < -0.3 is 4.74 Å². The molecule has 0 aliphatic carbocycles. The second-order valence-electron chi connectivity index (χ2n) is 4.44. The van der Waals surface area contributed by atoms with Crippen LogP contribution in [0.25, 0.3) is 11.1 Å². The van der Waals surface area contributed by atoms with E-state index in [1.54, 1.807) is 19.2 Å². The Labute approximate surface area is 118 Å². The SMILES string of the molecule is COc1c(-c2cccc(C(=O)Cl)c2)ccc(C)c1C. The molecule has 0 amide bonds. The molecule has 19 heavy (non-hydrogen) atoms. The first kappa shape index (κ1) is 13.6. The summed E-state index contributed by atoms with van der Waals surface area (Å²) in [7, 11) is 1.65. The topological polar surface area (TPSA) is 26.3 Å². The maximum absolute atomic E-state index is 11.2. The van der Waals surface area contributed by atoms with Crippen molar-refractivity contribution in [3.8, 4) is 16.9 Å². The summed E-state index contributed by atoms with van der Waals surface area (Å²) in [5, 5.41) is -0.454. The van der Waals surface area contributed by atoms with Gasteiger partial charge in [-0.3, -0.25) is 4.79 Å². The van der Waals surface area contributed by atoms with E-state index in [-0.39, 0.29) is 0 Å². The van der Waals surface area contributed by atoms with Crippen molar-refractivity contribution in [2.45, 2.75) is 13.8 Å². The summed E-state index contributed by atoms with van der Waals surface area (Å²) in [6.45, 7) is 4.06. The fourth-order valence-electron chi connectivity index (χ4n) is 2.09. The fourth-order valence-corrected chi connectivity index (χ4v) is 2.21. The molecule has 0 bridgehead atoms. The fraction of sp³-hybridized carbons (Fsp3) is 0.188. The van der Waals surface area contributed by atoms with Crippen LogP contribution < -0.4 is 4.74 Å². The maximum atomic E-state index is 11.2. The molecule has 2 aromatic carbocycles. The molecule has 0 saturated carbocycles. The summed E-state index contributed by atoms with van der Waals surface area (Å²) < 4.78 is 5.49. The van der Waals surface area contributed by atoms with E-state index in [1.165, 1.54) is 5.56 Å². The molecule has 0 atom stereocenters. The molecule has 2 rings (SSSR count). The van der Waals surface area contributed by atoms with Crippen LogP contribution in [0.5, 0.6) is 5.75 Å². The van der Waals surface area contributed by atoms with Crippen molar-refractivity contribution in [3.05, 3.63) is 53.1 Å². The van der Waals surface area contributed by atoms with Crippen molar-refractivity contribution in [3.63, 3.8) is 0 Å². The molecule has 0 spiro atoms. The lowest BCUT2D eigenvalue weighted by Crippen LogP contribution is -1.95. The number of methoxy groups -OCH3 is 1. The van der Waals surface area contributed by atoms with Gasteiger partial charge in [-0.05, 0) is 48.2 Å². The molecule has 0 aromatic heterocycles. The molecule has 0 aliphatic rings. The molecular formula is C16H15ClO2. The van der Waals surface area contributed by atoms with E-state index >= 15 is 0 Å². The lowest BCUT2D eigenvalue weighted by molar-refractivity contribution is 0.108. The maximum Gasteiger partial charge on any atom is 0.252 e. The zero-order valence-corrected chi connectivity index (χ0v) is 11.9. The molecule has 0 N–H and O–H groups in total. The molecule has 0 saturated heterocycles. The lowest BCUT2D eigenvalue weighted by atomic mass is 9.97. The van der Waals surface area contributed by atoms with E-state index in [9.17, 15) is 4.79 Å². The number of halogens is 1. The van der Waals surface area contributed by atoms with Crippen LogP contribution in [0.2, 0.25) is 0 Å². The lowest BCUT2D eigenvalue weighted by Gasteiger charge is -2.14. The zero-order valence-electron chi connectivity index (χ0n) is 11.2. The number of aryl methyl sites for hydroxylation is 1. The third-order valence-electron chi connectivity index (χ3n) is 3.28. The van der Waals surface area contributed by atoms with Crippen LogP contribution in [0.15, 0.2) is 36.4 Å². The first-order chi connectivity index (χ1) is 9.04. The van der Waals surface area contributed by atoms with Gasteiger partial charge in [-0.25, -0.2) is 0 Å². The van der Waals surface area contributed by atoms with Gasteiger partial charge >= 0.3 is 0 Å². The molecule has 0 radical (unpaired) electrons. The van der Waals surface area contributed by atoms with Gasteiger partial charge in [-0.2, -0.15) is 0 Å². The number of carbonyl (C=O) groups is 1. The Balaban J connectivity index is 2.62. The highest BCUT2D eigenvalue weighted by atomic mass is 35.5. The third-order valence-corrected chi connectivity index (χ3v) is 3.50. The van der Waals surface area contributed by atoms with E-state index in [0.29, 0.717) is 5.56 Å². The van der Waals surface area contributed by atoms with Gasteiger partial charge in [0.05, 0.1) is 7.11 Å². The summed E-state index contributed by atoms with van der Waals surface area (Å²) in [5.41, 5.74) is 4.64. The first-order valence-corrected chi connectivity index (χ1v) is 6.37. The number of hydrogen-bond donors (Lipinski definition) is 0. The van der Waals surface area contributed by atoms with E-state index in [2.05, 4.69) is 0 Å². The quantitative estimate of drug-likeness (QED) is 0.778. The molecule has 98 valence electrons. The van der Waals surface area contributed by atoms with Crippen LogP contribution in [0.4, 0.5) is 0 Å². The van der Waals surface area contributed by atoms with Crippen molar-refractivity contribution >= 4 is 16.8 Å². The number of benzene rings is 2. The highest BCUT2D eigenvalue weighted by Crippen LogP contribution is 2.34. The van der Waals surface area contributed by atoms with Crippen LogP contribution in [0.1, 0.15) is 21.5 Å². The standard InChI is InChI=1S/C16H15ClO2/c1-10-7-8-14(15(19-3)11(10)2)12-5-4-6-13(9-12)16(17)18/h4-9H,1-3H3. The largest absolute Gasteiger partial charge is 0.496 e. The average Bonchev–Trinajstić information content (AvgIpc) is 2.41. The van der Waals surface area contributed by atoms with Crippen LogP contribution in [0.3, 0.4) is 0 Å². The van der Waals surface area contributed by atoms with E-state index < -0.39 is 5.24 Å². The third kappa shape index (κ3) is 2.64. The molecular weight excluding hydrogens is 260 g/mol. The number of rotatable bonds is 3. The molecule has 0 aliphatic heterocycles. The molecule has 0 unspecified atom stereocenters. The van der Waals surface area contributed by atoms with Gasteiger partial charge in [0, 0.05) is 11.1 Å². The van der Waals surface area contributed by atoms with Gasteiger partial charge in [-0.1, -0.05) is 30.3 Å². The number of hydrogen-bond acceptors (Lipinski definition) is 2. The normalized spacial score (nSPS) is 10.3. The van der Waals surface area contributed by atoms with Crippen molar-refractivity contribution in [1.29, 1.82) is 0 Å². The van der Waals surface area contributed by atoms with Crippen LogP contribution >= 0.6 is 11.6 Å². The summed E-state index contributed by atoms with van der Waals surface area (Å²) in [6, 6.07) is 11.3. The van der Waals surface area contributed by atoms with Crippen LogP contribution in [0, 0.1) is 13.8 Å². The van der Waals surface area contributed by atoms with Crippen LogP contribution in [-0.4, -0.2) is 12.4 Å². The van der Waals surface area contributed by atoms with E-state index in [0.717, 1.165) is 22.4 Å². The Hall–Kier alpha value is -1.80. The number of carbonyl (C=O) groups excluding carboxylic acids is 1. The van der Waals surface area contributed by atoms with Crippen molar-refractivity contribution < 1.29 is 9.53 Å². The minimum Gasteiger partial charge on any atom is -0.496 e. The molecule has 3 heteroatoms. The summed E-state index contributed by atoms with van der Waals surface area (Å²) in [5.74, 6) is 0.833. The van der Waals surface area contributed by atoms with Crippen molar-refractivity contribution in [2.24, 2.45) is 0 Å². The molecule has 2 aromatic rings. The van der Waals surface area contributed by atoms with Crippen molar-refractivity contribution in [1.82, 2.24) is 0 Å². The van der Waals surface area contributed by atoms with Crippen LogP contribution in [-0.2, 0) is 0 Å². The van der Waals surface area contributed by atoms with Gasteiger partial charge in [0.25, 0.3) is 5.24 Å². The van der Waals surface area contributed by atoms with E-state index in [4.69, 9.17) is 16.3 Å². The Morgan fingerprint density at radius 3 is 2.53 bits per heavy atom. The average molecular weight is 275 g/mol. The molecule has 2 nitrogen and oxygen atoms in total. The summed E-state index contributed by atoms with van der Waals surface area (Å²) >= 11 is 5.52. The first-order valence-electron chi connectivity index (χ1n) is 5.99. The molecule has 0 heterocycles. The highest BCUT2D eigenvalue weighted by Gasteiger charge is 2.11. The number of ether oxygens (including phenoxy) is 1. The molecule has 0 fully saturated rings. The van der Waals surface area contributed by atoms with Crippen molar-refractivity contribution in [2.75, 3.05) is 7.11 Å².